The van der Waals surface area contributed by atoms with Gasteiger partial charge in [0.2, 0.25) is 10.0 Å². The standard InChI is InChI=1S/C21H24N4O3S2/c1-15-6-7-17(12-16(15)2)14-30(26,27)25-9-10-28-19(13-25)18-4-3-5-20(23-18)24-21-22-8-11-29-21/h3-8,11-12,19H,9-10,13-14H2,1-2H3,(H,22,23,24). The average Bonchev–Trinajstić information content (AvgIpc) is 3.24. The molecule has 0 bridgehead atoms. The van der Waals surface area contributed by atoms with E-state index in [0.29, 0.717) is 24.7 Å². The molecule has 1 saturated heterocycles. The first kappa shape index (κ1) is 20.9. The third-order valence-electron chi connectivity index (χ3n) is 5.11. The summed E-state index contributed by atoms with van der Waals surface area (Å²) < 4.78 is 33.4. The van der Waals surface area contributed by atoms with Crippen LogP contribution in [0.25, 0.3) is 0 Å². The summed E-state index contributed by atoms with van der Waals surface area (Å²) in [5.74, 6) is 0.640. The fraction of sp³-hybridized carbons (Fsp3) is 0.333. The average molecular weight is 445 g/mol. The lowest BCUT2D eigenvalue weighted by molar-refractivity contribution is -0.00490. The van der Waals surface area contributed by atoms with E-state index in [1.165, 1.54) is 15.6 Å². The normalized spacial score (nSPS) is 17.7. The van der Waals surface area contributed by atoms with Gasteiger partial charge in [0.25, 0.3) is 0 Å². The van der Waals surface area contributed by atoms with Crippen LogP contribution >= 0.6 is 11.3 Å². The SMILES string of the molecule is Cc1ccc(CS(=O)(=O)N2CCOC(c3cccc(Nc4nccs4)n3)C2)cc1C. The Balaban J connectivity index is 1.48. The Labute approximate surface area is 180 Å². The first-order valence-electron chi connectivity index (χ1n) is 9.70. The number of nitrogens with one attached hydrogen (secondary N) is 1. The minimum Gasteiger partial charge on any atom is -0.369 e. The maximum atomic E-state index is 13.0. The predicted octanol–water partition coefficient (Wildman–Crippen LogP) is 3.80. The highest BCUT2D eigenvalue weighted by molar-refractivity contribution is 7.88. The molecule has 0 spiro atoms. The van der Waals surface area contributed by atoms with E-state index in [4.69, 9.17) is 4.74 Å². The number of aryl methyl sites for hydroxylation is 2. The Kier molecular flexibility index (Phi) is 6.14. The molecule has 7 nitrogen and oxygen atoms in total. The van der Waals surface area contributed by atoms with Crippen molar-refractivity contribution in [3.8, 4) is 0 Å². The number of anilines is 2. The maximum Gasteiger partial charge on any atom is 0.218 e. The van der Waals surface area contributed by atoms with Gasteiger partial charge in [-0.15, -0.1) is 11.3 Å². The quantitative estimate of drug-likeness (QED) is 0.623. The van der Waals surface area contributed by atoms with Crippen molar-refractivity contribution >= 4 is 32.3 Å². The van der Waals surface area contributed by atoms with E-state index in [-0.39, 0.29) is 12.3 Å². The first-order chi connectivity index (χ1) is 14.4. The van der Waals surface area contributed by atoms with Crippen LogP contribution in [0.1, 0.15) is 28.5 Å². The lowest BCUT2D eigenvalue weighted by Crippen LogP contribution is -2.42. The Morgan fingerprint density at radius 2 is 2.10 bits per heavy atom. The highest BCUT2D eigenvalue weighted by Crippen LogP contribution is 2.26. The summed E-state index contributed by atoms with van der Waals surface area (Å²) in [6.07, 6.45) is 1.31. The number of aromatic nitrogens is 2. The van der Waals surface area contributed by atoms with Crippen molar-refractivity contribution in [1.29, 1.82) is 0 Å². The highest BCUT2D eigenvalue weighted by atomic mass is 32.2. The first-order valence-corrected chi connectivity index (χ1v) is 12.2. The molecule has 4 rings (SSSR count). The lowest BCUT2D eigenvalue weighted by atomic mass is 10.1. The van der Waals surface area contributed by atoms with E-state index < -0.39 is 16.1 Å². The molecule has 1 aliphatic heterocycles. The van der Waals surface area contributed by atoms with Crippen molar-refractivity contribution in [1.82, 2.24) is 14.3 Å². The van der Waals surface area contributed by atoms with Gasteiger partial charge in [-0.2, -0.15) is 4.31 Å². The van der Waals surface area contributed by atoms with Gasteiger partial charge in [-0.05, 0) is 42.7 Å². The number of ether oxygens (including phenoxy) is 1. The van der Waals surface area contributed by atoms with Gasteiger partial charge in [0.1, 0.15) is 11.9 Å². The van der Waals surface area contributed by atoms with Gasteiger partial charge in [0, 0.05) is 24.7 Å². The summed E-state index contributed by atoms with van der Waals surface area (Å²) in [5, 5.41) is 5.79. The van der Waals surface area contributed by atoms with Crippen LogP contribution in [0.15, 0.2) is 48.0 Å². The van der Waals surface area contributed by atoms with E-state index >= 15 is 0 Å². The van der Waals surface area contributed by atoms with Gasteiger partial charge in [-0.25, -0.2) is 18.4 Å². The van der Waals surface area contributed by atoms with Gasteiger partial charge in [0.05, 0.1) is 18.1 Å². The van der Waals surface area contributed by atoms with Gasteiger partial charge in [-0.3, -0.25) is 0 Å². The molecule has 0 aliphatic carbocycles. The second-order valence-corrected chi connectivity index (χ2v) is 10.2. The molecule has 1 unspecified atom stereocenters. The number of hydrogen-bond acceptors (Lipinski definition) is 7. The molecule has 1 aromatic carbocycles. The second-order valence-electron chi connectivity index (χ2n) is 7.30. The lowest BCUT2D eigenvalue weighted by Gasteiger charge is -2.32. The largest absolute Gasteiger partial charge is 0.369 e. The summed E-state index contributed by atoms with van der Waals surface area (Å²) in [6.45, 7) is 4.95. The van der Waals surface area contributed by atoms with Crippen LogP contribution in [0.2, 0.25) is 0 Å². The van der Waals surface area contributed by atoms with Gasteiger partial charge in [0.15, 0.2) is 5.13 Å². The summed E-state index contributed by atoms with van der Waals surface area (Å²) in [7, 11) is -3.46. The molecule has 9 heteroatoms. The highest BCUT2D eigenvalue weighted by Gasteiger charge is 2.31. The fourth-order valence-electron chi connectivity index (χ4n) is 3.35. The summed E-state index contributed by atoms with van der Waals surface area (Å²) in [5.41, 5.74) is 3.74. The zero-order valence-corrected chi connectivity index (χ0v) is 18.5. The Morgan fingerprint density at radius 1 is 1.23 bits per heavy atom. The second kappa shape index (κ2) is 8.81. The molecule has 30 heavy (non-hydrogen) atoms. The molecular weight excluding hydrogens is 420 g/mol. The maximum absolute atomic E-state index is 13.0. The van der Waals surface area contributed by atoms with E-state index in [1.54, 1.807) is 6.20 Å². The van der Waals surface area contributed by atoms with E-state index in [1.807, 2.05) is 55.6 Å². The molecular formula is C21H24N4O3S2. The minimum atomic E-state index is -3.46. The Morgan fingerprint density at radius 3 is 2.87 bits per heavy atom. The number of hydrogen-bond donors (Lipinski definition) is 1. The summed E-state index contributed by atoms with van der Waals surface area (Å²) in [4.78, 5) is 8.80. The van der Waals surface area contributed by atoms with Crippen LogP contribution in [0.5, 0.6) is 0 Å². The summed E-state index contributed by atoms with van der Waals surface area (Å²) in [6, 6.07) is 11.4. The predicted molar refractivity (Wildman–Crippen MR) is 118 cm³/mol. The van der Waals surface area contributed by atoms with Crippen molar-refractivity contribution in [3.05, 3.63) is 70.4 Å². The number of rotatable bonds is 6. The van der Waals surface area contributed by atoms with Crippen molar-refractivity contribution in [2.24, 2.45) is 0 Å². The molecule has 1 N–H and O–H groups in total. The van der Waals surface area contributed by atoms with Crippen molar-refractivity contribution < 1.29 is 13.2 Å². The third kappa shape index (κ3) is 4.86. The van der Waals surface area contributed by atoms with Crippen molar-refractivity contribution in [2.45, 2.75) is 25.7 Å². The zero-order valence-electron chi connectivity index (χ0n) is 16.9. The minimum absolute atomic E-state index is 0.0140. The van der Waals surface area contributed by atoms with E-state index in [0.717, 1.165) is 21.8 Å². The summed E-state index contributed by atoms with van der Waals surface area (Å²) >= 11 is 1.48. The van der Waals surface area contributed by atoms with Crippen LogP contribution in [0, 0.1) is 13.8 Å². The third-order valence-corrected chi connectivity index (χ3v) is 7.62. The molecule has 3 aromatic rings. The van der Waals surface area contributed by atoms with Crippen LogP contribution in [0.4, 0.5) is 10.9 Å². The zero-order chi connectivity index (χ0) is 21.1. The number of sulfonamides is 1. The molecule has 0 radical (unpaired) electrons. The molecule has 3 heterocycles. The number of morpholine rings is 1. The van der Waals surface area contributed by atoms with Gasteiger partial charge >= 0.3 is 0 Å². The molecule has 1 atom stereocenters. The van der Waals surface area contributed by atoms with Crippen molar-refractivity contribution in [3.63, 3.8) is 0 Å². The number of pyridine rings is 1. The number of nitrogens with zero attached hydrogens (tertiary/aromatic N) is 3. The van der Waals surface area contributed by atoms with Gasteiger partial charge in [-0.1, -0.05) is 24.3 Å². The molecule has 158 valence electrons. The van der Waals surface area contributed by atoms with Gasteiger partial charge < -0.3 is 10.1 Å². The van der Waals surface area contributed by atoms with E-state index in [9.17, 15) is 8.42 Å². The van der Waals surface area contributed by atoms with E-state index in [2.05, 4.69) is 15.3 Å². The molecule has 0 saturated carbocycles. The Bertz CT molecular complexity index is 1120. The molecule has 0 amide bonds. The van der Waals surface area contributed by atoms with Crippen LogP contribution in [-0.4, -0.2) is 42.4 Å². The van der Waals surface area contributed by atoms with Crippen molar-refractivity contribution in [2.75, 3.05) is 25.0 Å². The van der Waals surface area contributed by atoms with Crippen LogP contribution < -0.4 is 5.32 Å². The smallest absolute Gasteiger partial charge is 0.218 e. The number of thiazole rings is 1. The van der Waals surface area contributed by atoms with Crippen LogP contribution in [0.3, 0.4) is 0 Å². The number of benzene rings is 1. The topological polar surface area (TPSA) is 84.4 Å². The molecule has 2 aromatic heterocycles. The monoisotopic (exact) mass is 444 g/mol. The molecule has 1 fully saturated rings. The molecule has 1 aliphatic rings. The fourth-order valence-corrected chi connectivity index (χ4v) is 5.38. The van der Waals surface area contributed by atoms with Crippen LogP contribution in [-0.2, 0) is 20.5 Å². The Hall–Kier alpha value is -2.33.